The first-order valence-corrected chi connectivity index (χ1v) is 6.92. The van der Waals surface area contributed by atoms with Crippen LogP contribution in [0, 0.1) is 0 Å². The number of hydrogen-bond acceptors (Lipinski definition) is 4. The Hall–Kier alpha value is -1.81. The zero-order valence-corrected chi connectivity index (χ0v) is 12.0. The van der Waals surface area contributed by atoms with Gasteiger partial charge in [-0.25, -0.2) is 4.79 Å². The molecular formula is C15H16O3S. The molecule has 0 spiro atoms. The molecule has 2 aromatic rings. The van der Waals surface area contributed by atoms with Crippen molar-refractivity contribution in [3.8, 4) is 16.2 Å². The maximum absolute atomic E-state index is 11.5. The van der Waals surface area contributed by atoms with E-state index in [0.29, 0.717) is 5.56 Å². The number of ether oxygens (including phenoxy) is 2. The van der Waals surface area contributed by atoms with Crippen LogP contribution in [0.15, 0.2) is 35.7 Å². The van der Waals surface area contributed by atoms with Crippen LogP contribution in [0.4, 0.5) is 0 Å². The van der Waals surface area contributed by atoms with Crippen LogP contribution >= 0.6 is 11.3 Å². The molecule has 0 atom stereocenters. The van der Waals surface area contributed by atoms with Gasteiger partial charge in [-0.15, -0.1) is 11.3 Å². The molecule has 1 aromatic carbocycles. The van der Waals surface area contributed by atoms with E-state index in [2.05, 4.69) is 0 Å². The third-order valence-corrected chi connectivity index (χ3v) is 3.48. The molecule has 0 aliphatic carbocycles. The van der Waals surface area contributed by atoms with Gasteiger partial charge in [0.1, 0.15) is 5.75 Å². The summed E-state index contributed by atoms with van der Waals surface area (Å²) in [5.74, 6) is 0.520. The molecule has 0 saturated heterocycles. The van der Waals surface area contributed by atoms with E-state index in [1.54, 1.807) is 17.4 Å². The lowest BCUT2D eigenvalue weighted by molar-refractivity contribution is 0.0601. The number of benzene rings is 1. The molecule has 19 heavy (non-hydrogen) atoms. The van der Waals surface area contributed by atoms with E-state index < -0.39 is 0 Å². The van der Waals surface area contributed by atoms with Crippen LogP contribution in [0.1, 0.15) is 24.2 Å². The molecule has 0 unspecified atom stereocenters. The smallest absolute Gasteiger partial charge is 0.337 e. The molecule has 2 rings (SSSR count). The molecule has 100 valence electrons. The average molecular weight is 276 g/mol. The summed E-state index contributed by atoms with van der Waals surface area (Å²) in [6, 6.07) is 9.33. The van der Waals surface area contributed by atoms with Gasteiger partial charge in [0.2, 0.25) is 0 Å². The number of carbonyl (C=O) groups excluding carboxylic acids is 1. The summed E-state index contributed by atoms with van der Waals surface area (Å²) in [5, 5.41) is 1.98. The van der Waals surface area contributed by atoms with Crippen LogP contribution in [0.25, 0.3) is 10.4 Å². The van der Waals surface area contributed by atoms with E-state index >= 15 is 0 Å². The Labute approximate surface area is 116 Å². The molecule has 0 bridgehead atoms. The van der Waals surface area contributed by atoms with Gasteiger partial charge in [-0.3, -0.25) is 0 Å². The van der Waals surface area contributed by atoms with Crippen LogP contribution < -0.4 is 4.74 Å². The van der Waals surface area contributed by atoms with E-state index in [4.69, 9.17) is 9.47 Å². The van der Waals surface area contributed by atoms with Crippen LogP contribution in [0.3, 0.4) is 0 Å². The molecule has 4 heteroatoms. The zero-order valence-electron chi connectivity index (χ0n) is 11.2. The predicted molar refractivity (Wildman–Crippen MR) is 76.9 cm³/mol. The number of hydrogen-bond donors (Lipinski definition) is 0. The Balaban J connectivity index is 2.37. The van der Waals surface area contributed by atoms with Gasteiger partial charge in [0.25, 0.3) is 0 Å². The average Bonchev–Trinajstić information content (AvgIpc) is 2.85. The third kappa shape index (κ3) is 3.15. The zero-order chi connectivity index (χ0) is 13.8. The highest BCUT2D eigenvalue weighted by atomic mass is 32.1. The van der Waals surface area contributed by atoms with Crippen LogP contribution in [0.5, 0.6) is 5.75 Å². The van der Waals surface area contributed by atoms with E-state index in [1.807, 2.05) is 43.5 Å². The molecule has 1 heterocycles. The van der Waals surface area contributed by atoms with E-state index in [9.17, 15) is 4.79 Å². The number of methoxy groups -OCH3 is 1. The fraction of sp³-hybridized carbons (Fsp3) is 0.267. The molecule has 0 aliphatic heterocycles. The van der Waals surface area contributed by atoms with Gasteiger partial charge in [-0.05, 0) is 43.0 Å². The highest BCUT2D eigenvalue weighted by Gasteiger charge is 2.12. The van der Waals surface area contributed by atoms with Crippen molar-refractivity contribution in [2.45, 2.75) is 20.0 Å². The SMILES string of the molecule is COC(=O)c1cccc(-c2sccc2OC(C)C)c1. The molecule has 0 saturated carbocycles. The van der Waals surface area contributed by atoms with Crippen molar-refractivity contribution >= 4 is 17.3 Å². The standard InChI is InChI=1S/C15H16O3S/c1-10(2)18-13-7-8-19-14(13)11-5-4-6-12(9-11)15(16)17-3/h4-10H,1-3H3. The lowest BCUT2D eigenvalue weighted by Crippen LogP contribution is -2.05. The first-order chi connectivity index (χ1) is 9.11. The van der Waals surface area contributed by atoms with Gasteiger partial charge < -0.3 is 9.47 Å². The highest BCUT2D eigenvalue weighted by Crippen LogP contribution is 2.36. The Morgan fingerprint density at radius 1 is 1.26 bits per heavy atom. The second-order valence-corrected chi connectivity index (χ2v) is 5.27. The minimum absolute atomic E-state index is 0.122. The molecule has 0 amide bonds. The topological polar surface area (TPSA) is 35.5 Å². The lowest BCUT2D eigenvalue weighted by Gasteiger charge is -2.10. The Bertz CT molecular complexity index is 572. The molecule has 0 N–H and O–H groups in total. The van der Waals surface area contributed by atoms with Gasteiger partial charge in [-0.1, -0.05) is 12.1 Å². The maximum atomic E-state index is 11.5. The minimum atomic E-state index is -0.329. The third-order valence-electron chi connectivity index (χ3n) is 2.54. The highest BCUT2D eigenvalue weighted by molar-refractivity contribution is 7.14. The second-order valence-electron chi connectivity index (χ2n) is 4.35. The summed E-state index contributed by atoms with van der Waals surface area (Å²) >= 11 is 1.60. The van der Waals surface area contributed by atoms with Crippen molar-refractivity contribution in [1.29, 1.82) is 0 Å². The molecule has 3 nitrogen and oxygen atoms in total. The summed E-state index contributed by atoms with van der Waals surface area (Å²) in [6.07, 6.45) is 0.122. The van der Waals surface area contributed by atoms with Crippen molar-refractivity contribution in [3.63, 3.8) is 0 Å². The summed E-state index contributed by atoms with van der Waals surface area (Å²) in [7, 11) is 1.38. The molecule has 1 aromatic heterocycles. The van der Waals surface area contributed by atoms with Crippen molar-refractivity contribution < 1.29 is 14.3 Å². The van der Waals surface area contributed by atoms with Gasteiger partial charge in [-0.2, -0.15) is 0 Å². The van der Waals surface area contributed by atoms with Crippen molar-refractivity contribution in [2.24, 2.45) is 0 Å². The van der Waals surface area contributed by atoms with E-state index in [0.717, 1.165) is 16.2 Å². The van der Waals surface area contributed by atoms with Gasteiger partial charge in [0, 0.05) is 0 Å². The van der Waals surface area contributed by atoms with Crippen molar-refractivity contribution in [2.75, 3.05) is 7.11 Å². The summed E-state index contributed by atoms with van der Waals surface area (Å²) in [6.45, 7) is 3.98. The Kier molecular flexibility index (Phi) is 4.22. The second kappa shape index (κ2) is 5.89. The first kappa shape index (κ1) is 13.6. The van der Waals surface area contributed by atoms with Crippen LogP contribution in [-0.2, 0) is 4.74 Å². The van der Waals surface area contributed by atoms with Crippen LogP contribution in [0.2, 0.25) is 0 Å². The quantitative estimate of drug-likeness (QED) is 0.792. The summed E-state index contributed by atoms with van der Waals surface area (Å²) < 4.78 is 10.5. The molecule has 0 fully saturated rings. The van der Waals surface area contributed by atoms with Crippen molar-refractivity contribution in [3.05, 3.63) is 41.3 Å². The first-order valence-electron chi connectivity index (χ1n) is 6.04. The van der Waals surface area contributed by atoms with Gasteiger partial charge >= 0.3 is 5.97 Å². The fourth-order valence-electron chi connectivity index (χ4n) is 1.76. The molecule has 0 aliphatic rings. The monoisotopic (exact) mass is 276 g/mol. The Morgan fingerprint density at radius 3 is 2.74 bits per heavy atom. The number of rotatable bonds is 4. The Morgan fingerprint density at radius 2 is 2.05 bits per heavy atom. The maximum Gasteiger partial charge on any atom is 0.337 e. The van der Waals surface area contributed by atoms with E-state index in [-0.39, 0.29) is 12.1 Å². The number of esters is 1. The summed E-state index contributed by atoms with van der Waals surface area (Å²) in [4.78, 5) is 12.6. The summed E-state index contributed by atoms with van der Waals surface area (Å²) in [5.41, 5.74) is 1.51. The number of thiophene rings is 1. The van der Waals surface area contributed by atoms with Crippen molar-refractivity contribution in [1.82, 2.24) is 0 Å². The fourth-order valence-corrected chi connectivity index (χ4v) is 2.58. The van der Waals surface area contributed by atoms with E-state index in [1.165, 1.54) is 7.11 Å². The normalized spacial score (nSPS) is 10.5. The number of carbonyl (C=O) groups is 1. The predicted octanol–water partition coefficient (Wildman–Crippen LogP) is 3.99. The molecule has 0 radical (unpaired) electrons. The lowest BCUT2D eigenvalue weighted by atomic mass is 10.1. The minimum Gasteiger partial charge on any atom is -0.489 e. The largest absolute Gasteiger partial charge is 0.489 e. The van der Waals surface area contributed by atoms with Gasteiger partial charge in [0.15, 0.2) is 0 Å². The van der Waals surface area contributed by atoms with Gasteiger partial charge in [0.05, 0.1) is 23.7 Å². The molecular weight excluding hydrogens is 260 g/mol. The van der Waals surface area contributed by atoms with Crippen LogP contribution in [-0.4, -0.2) is 19.2 Å².